The van der Waals surface area contributed by atoms with Gasteiger partial charge in [-0.05, 0) is 13.0 Å². The first-order valence-electron chi connectivity index (χ1n) is 5.03. The van der Waals surface area contributed by atoms with Crippen LogP contribution in [0.5, 0.6) is 0 Å². The van der Waals surface area contributed by atoms with E-state index in [4.69, 9.17) is 15.2 Å². The molecule has 0 heterocycles. The zero-order valence-electron chi connectivity index (χ0n) is 9.70. The van der Waals surface area contributed by atoms with Gasteiger partial charge in [-0.2, -0.15) is 0 Å². The molecule has 0 bridgehead atoms. The normalized spacial score (nSPS) is 10.3. The van der Waals surface area contributed by atoms with Crippen LogP contribution in [0.2, 0.25) is 0 Å². The van der Waals surface area contributed by atoms with E-state index in [1.165, 1.54) is 0 Å². The summed E-state index contributed by atoms with van der Waals surface area (Å²) in [7, 11) is 0. The molecule has 0 saturated heterocycles. The van der Waals surface area contributed by atoms with Gasteiger partial charge in [0.05, 0.1) is 13.2 Å². The van der Waals surface area contributed by atoms with Crippen molar-refractivity contribution in [2.45, 2.75) is 13.3 Å². The molecule has 0 fully saturated rings. The van der Waals surface area contributed by atoms with Crippen LogP contribution in [0, 0.1) is 0 Å². The summed E-state index contributed by atoms with van der Waals surface area (Å²) in [6.07, 6.45) is 4.27. The van der Waals surface area contributed by atoms with E-state index in [9.17, 15) is 4.79 Å². The summed E-state index contributed by atoms with van der Waals surface area (Å²) >= 11 is 0. The summed E-state index contributed by atoms with van der Waals surface area (Å²) in [6, 6.07) is 0. The van der Waals surface area contributed by atoms with Crippen LogP contribution in [0.25, 0.3) is 0 Å². The topological polar surface area (TPSA) is 61.6 Å². The van der Waals surface area contributed by atoms with Crippen molar-refractivity contribution in [3.05, 3.63) is 36.6 Å². The minimum absolute atomic E-state index is 0.0451. The molecule has 16 heavy (non-hydrogen) atoms. The van der Waals surface area contributed by atoms with Crippen molar-refractivity contribution in [3.63, 3.8) is 0 Å². The second kappa shape index (κ2) is 8.73. The number of primary amides is 1. The number of carbonyl (C=O) groups is 1. The molecule has 0 aliphatic heterocycles. The summed E-state index contributed by atoms with van der Waals surface area (Å²) in [4.78, 5) is 10.3. The van der Waals surface area contributed by atoms with Gasteiger partial charge in [0, 0.05) is 6.42 Å². The van der Waals surface area contributed by atoms with Gasteiger partial charge in [-0.15, -0.1) is 0 Å². The lowest BCUT2D eigenvalue weighted by Gasteiger charge is -2.05. The maximum atomic E-state index is 10.3. The molecule has 0 aromatic heterocycles. The molecule has 0 rings (SSSR count). The molecule has 1 amide bonds. The predicted octanol–water partition coefficient (Wildman–Crippen LogP) is 1.54. The highest BCUT2D eigenvalue weighted by Gasteiger charge is 1.94. The van der Waals surface area contributed by atoms with E-state index < -0.39 is 5.91 Å². The molecular formula is C12H19NO3. The first-order chi connectivity index (χ1) is 7.52. The largest absolute Gasteiger partial charge is 0.494 e. The van der Waals surface area contributed by atoms with Crippen molar-refractivity contribution in [1.82, 2.24) is 0 Å². The van der Waals surface area contributed by atoms with Crippen LogP contribution in [-0.4, -0.2) is 25.7 Å². The summed E-state index contributed by atoms with van der Waals surface area (Å²) in [6.45, 7) is 10.2. The van der Waals surface area contributed by atoms with Crippen LogP contribution in [0.1, 0.15) is 13.3 Å². The van der Waals surface area contributed by atoms with E-state index in [-0.39, 0.29) is 6.61 Å². The fourth-order valence-corrected chi connectivity index (χ4v) is 0.820. The molecule has 0 saturated carbocycles. The Morgan fingerprint density at radius 1 is 1.31 bits per heavy atom. The Balaban J connectivity index is 3.41. The fraction of sp³-hybridized carbons (Fsp3) is 0.417. The minimum atomic E-state index is -0.463. The lowest BCUT2D eigenvalue weighted by Crippen LogP contribution is -2.18. The Morgan fingerprint density at radius 2 is 2.00 bits per heavy atom. The molecule has 0 aromatic rings. The highest BCUT2D eigenvalue weighted by Crippen LogP contribution is 2.00. The molecular weight excluding hydrogens is 206 g/mol. The molecule has 2 N–H and O–H groups in total. The average molecular weight is 225 g/mol. The van der Waals surface area contributed by atoms with Gasteiger partial charge in [0.25, 0.3) is 0 Å². The van der Waals surface area contributed by atoms with E-state index in [0.717, 1.165) is 5.57 Å². The number of rotatable bonds is 9. The molecule has 4 heteroatoms. The molecule has 0 aliphatic rings. The standard InChI is InChI=1S/C12H19NO3/c1-10(2)5-6-11(3)16-8-4-7-15-9-12(13)14/h5-6H,1,3-4,7-9H2,2H3,(H2,13,14)/b6-5-. The van der Waals surface area contributed by atoms with Crippen molar-refractivity contribution in [1.29, 1.82) is 0 Å². The minimum Gasteiger partial charge on any atom is -0.494 e. The van der Waals surface area contributed by atoms with Crippen LogP contribution < -0.4 is 5.73 Å². The van der Waals surface area contributed by atoms with Gasteiger partial charge in [-0.25, -0.2) is 0 Å². The van der Waals surface area contributed by atoms with E-state index in [2.05, 4.69) is 13.2 Å². The summed E-state index contributed by atoms with van der Waals surface area (Å²) in [5, 5.41) is 0. The lowest BCUT2D eigenvalue weighted by molar-refractivity contribution is -0.122. The van der Waals surface area contributed by atoms with Gasteiger partial charge in [0.15, 0.2) is 0 Å². The number of ether oxygens (including phenoxy) is 2. The Labute approximate surface area is 96.4 Å². The predicted molar refractivity (Wildman–Crippen MR) is 63.7 cm³/mol. The van der Waals surface area contributed by atoms with Crippen molar-refractivity contribution in [2.24, 2.45) is 5.73 Å². The van der Waals surface area contributed by atoms with E-state index in [1.807, 2.05) is 13.0 Å². The number of carbonyl (C=O) groups excluding carboxylic acids is 1. The number of allylic oxidation sites excluding steroid dienone is 3. The van der Waals surface area contributed by atoms with Gasteiger partial charge >= 0.3 is 0 Å². The van der Waals surface area contributed by atoms with Gasteiger partial charge in [-0.1, -0.05) is 24.8 Å². The highest BCUT2D eigenvalue weighted by atomic mass is 16.5. The molecule has 0 radical (unpaired) electrons. The second-order valence-corrected chi connectivity index (χ2v) is 3.37. The van der Waals surface area contributed by atoms with Crippen molar-refractivity contribution in [3.8, 4) is 0 Å². The van der Waals surface area contributed by atoms with Gasteiger partial charge < -0.3 is 15.2 Å². The van der Waals surface area contributed by atoms with E-state index >= 15 is 0 Å². The average Bonchev–Trinajstić information content (AvgIpc) is 2.19. The summed E-state index contributed by atoms with van der Waals surface area (Å²) in [5.74, 6) is 0.118. The van der Waals surface area contributed by atoms with Crippen molar-refractivity contribution in [2.75, 3.05) is 19.8 Å². The van der Waals surface area contributed by atoms with E-state index in [1.54, 1.807) is 6.08 Å². The van der Waals surface area contributed by atoms with Crippen molar-refractivity contribution >= 4 is 5.91 Å². The maximum absolute atomic E-state index is 10.3. The Kier molecular flexibility index (Phi) is 7.89. The number of hydrogen-bond acceptors (Lipinski definition) is 3. The van der Waals surface area contributed by atoms with Gasteiger partial charge in [0.2, 0.25) is 5.91 Å². The van der Waals surface area contributed by atoms with E-state index in [0.29, 0.717) is 25.4 Å². The number of hydrogen-bond donors (Lipinski definition) is 1. The molecule has 4 nitrogen and oxygen atoms in total. The third kappa shape index (κ3) is 10.5. The highest BCUT2D eigenvalue weighted by molar-refractivity contribution is 5.74. The Morgan fingerprint density at radius 3 is 2.56 bits per heavy atom. The van der Waals surface area contributed by atoms with Crippen molar-refractivity contribution < 1.29 is 14.3 Å². The van der Waals surface area contributed by atoms with Crippen LogP contribution in [0.15, 0.2) is 36.6 Å². The zero-order chi connectivity index (χ0) is 12.4. The van der Waals surface area contributed by atoms with Gasteiger partial charge in [-0.3, -0.25) is 4.79 Å². The first kappa shape index (κ1) is 14.5. The Hall–Kier alpha value is -1.55. The zero-order valence-corrected chi connectivity index (χ0v) is 9.70. The summed E-state index contributed by atoms with van der Waals surface area (Å²) < 4.78 is 10.2. The quantitative estimate of drug-likeness (QED) is 0.368. The SMILES string of the molecule is C=C(C)/C=C\C(=C)OCCCOCC(N)=O. The Bertz CT molecular complexity index is 282. The van der Waals surface area contributed by atoms with Crippen LogP contribution in [0.3, 0.4) is 0 Å². The third-order valence-electron chi connectivity index (χ3n) is 1.52. The maximum Gasteiger partial charge on any atom is 0.243 e. The lowest BCUT2D eigenvalue weighted by atomic mass is 10.3. The second-order valence-electron chi connectivity index (χ2n) is 3.37. The molecule has 0 spiro atoms. The molecule has 0 unspecified atom stereocenters. The third-order valence-corrected chi connectivity index (χ3v) is 1.52. The van der Waals surface area contributed by atoms with Crippen LogP contribution in [-0.2, 0) is 14.3 Å². The number of amides is 1. The van der Waals surface area contributed by atoms with Gasteiger partial charge in [0.1, 0.15) is 12.4 Å². The van der Waals surface area contributed by atoms with Crippen LogP contribution in [0.4, 0.5) is 0 Å². The number of nitrogens with two attached hydrogens (primary N) is 1. The smallest absolute Gasteiger partial charge is 0.243 e. The van der Waals surface area contributed by atoms with Crippen LogP contribution >= 0.6 is 0 Å². The molecule has 0 atom stereocenters. The monoisotopic (exact) mass is 225 g/mol. The summed E-state index contributed by atoms with van der Waals surface area (Å²) in [5.41, 5.74) is 5.84. The fourth-order valence-electron chi connectivity index (χ4n) is 0.820. The first-order valence-corrected chi connectivity index (χ1v) is 5.03. The molecule has 90 valence electrons. The molecule has 0 aliphatic carbocycles. The molecule has 0 aromatic carbocycles.